The van der Waals surface area contributed by atoms with Crippen LogP contribution in [-0.2, 0) is 9.53 Å². The average molecular weight is 302 g/mol. The Hall–Kier alpha value is -1.88. The van der Waals surface area contributed by atoms with Crippen LogP contribution in [0.15, 0.2) is 24.3 Å². The van der Waals surface area contributed by atoms with Gasteiger partial charge in [0.2, 0.25) is 5.91 Å². The number of carbonyl (C=O) groups excluding carboxylic acids is 2. The second-order valence-electron chi connectivity index (χ2n) is 6.09. The molecule has 0 saturated heterocycles. The van der Waals surface area contributed by atoms with Gasteiger partial charge in [-0.25, -0.2) is 0 Å². The van der Waals surface area contributed by atoms with Crippen LogP contribution in [0.5, 0.6) is 0 Å². The van der Waals surface area contributed by atoms with Crippen molar-refractivity contribution < 1.29 is 14.3 Å². The number of ether oxygens (including phenoxy) is 1. The average Bonchev–Trinajstić information content (AvgIpc) is 2.85. The van der Waals surface area contributed by atoms with Gasteiger partial charge in [0.25, 0.3) is 5.91 Å². The molecule has 1 heterocycles. The molecule has 3 rings (SSSR count). The number of hydrogen-bond donors (Lipinski definition) is 2. The van der Waals surface area contributed by atoms with Crippen LogP contribution >= 0.6 is 0 Å². The number of hydrogen-bond acceptors (Lipinski definition) is 3. The minimum absolute atomic E-state index is 0.00266. The predicted molar refractivity (Wildman–Crippen MR) is 82.5 cm³/mol. The number of benzene rings is 1. The second kappa shape index (κ2) is 6.48. The second-order valence-corrected chi connectivity index (χ2v) is 6.09. The quantitative estimate of drug-likeness (QED) is 0.893. The van der Waals surface area contributed by atoms with Crippen LogP contribution in [0.2, 0.25) is 0 Å². The Balaban J connectivity index is 1.54. The van der Waals surface area contributed by atoms with Crippen LogP contribution in [0.3, 0.4) is 0 Å². The lowest BCUT2D eigenvalue weighted by atomic mass is 9.92. The first-order valence-corrected chi connectivity index (χ1v) is 7.89. The summed E-state index contributed by atoms with van der Waals surface area (Å²) in [6, 6.07) is 7.47. The van der Waals surface area contributed by atoms with Gasteiger partial charge in [0.05, 0.1) is 18.6 Å². The normalized spacial score (nSPS) is 27.1. The van der Waals surface area contributed by atoms with Crippen LogP contribution in [0, 0.1) is 0 Å². The van der Waals surface area contributed by atoms with Gasteiger partial charge in [-0.1, -0.05) is 18.2 Å². The fraction of sp³-hybridized carbons (Fsp3) is 0.529. The molecular formula is C17H22N2O3. The Labute approximate surface area is 130 Å². The van der Waals surface area contributed by atoms with Crippen LogP contribution in [-0.4, -0.2) is 31.1 Å². The molecule has 1 aromatic carbocycles. The topological polar surface area (TPSA) is 67.4 Å². The number of methoxy groups -OCH3 is 1. The Morgan fingerprint density at radius 2 is 2.00 bits per heavy atom. The summed E-state index contributed by atoms with van der Waals surface area (Å²) >= 11 is 0. The highest BCUT2D eigenvalue weighted by Crippen LogP contribution is 2.28. The van der Waals surface area contributed by atoms with E-state index in [9.17, 15) is 9.59 Å². The van der Waals surface area contributed by atoms with Crippen molar-refractivity contribution in [1.29, 1.82) is 0 Å². The summed E-state index contributed by atoms with van der Waals surface area (Å²) < 4.78 is 5.34. The van der Waals surface area contributed by atoms with E-state index in [0.717, 1.165) is 31.2 Å². The van der Waals surface area contributed by atoms with Gasteiger partial charge in [-0.05, 0) is 37.3 Å². The molecule has 0 aromatic heterocycles. The molecule has 0 spiro atoms. The molecule has 1 atom stereocenters. The lowest BCUT2D eigenvalue weighted by Gasteiger charge is -2.28. The molecule has 5 nitrogen and oxygen atoms in total. The molecule has 0 radical (unpaired) electrons. The molecular weight excluding hydrogens is 280 g/mol. The highest BCUT2D eigenvalue weighted by Gasteiger charge is 2.30. The van der Waals surface area contributed by atoms with E-state index in [1.807, 2.05) is 18.2 Å². The van der Waals surface area contributed by atoms with Crippen LogP contribution in [0.25, 0.3) is 0 Å². The number of amides is 2. The molecule has 2 N–H and O–H groups in total. The first-order chi connectivity index (χ1) is 10.7. The molecule has 1 aliphatic carbocycles. The number of nitrogens with one attached hydrogen (secondary N) is 2. The molecule has 1 aliphatic heterocycles. The van der Waals surface area contributed by atoms with E-state index in [0.29, 0.717) is 18.1 Å². The van der Waals surface area contributed by atoms with Crippen molar-refractivity contribution in [3.8, 4) is 0 Å². The SMILES string of the molecule is COC1CCC(NC(=O)CC2NC(=O)c3ccccc32)CC1. The lowest BCUT2D eigenvalue weighted by Crippen LogP contribution is -2.40. The van der Waals surface area contributed by atoms with Gasteiger partial charge in [0.15, 0.2) is 0 Å². The van der Waals surface area contributed by atoms with Crippen molar-refractivity contribution in [2.75, 3.05) is 7.11 Å². The van der Waals surface area contributed by atoms with Gasteiger partial charge in [0, 0.05) is 18.7 Å². The summed E-state index contributed by atoms with van der Waals surface area (Å²) in [4.78, 5) is 24.1. The zero-order valence-corrected chi connectivity index (χ0v) is 12.8. The highest BCUT2D eigenvalue weighted by atomic mass is 16.5. The minimum Gasteiger partial charge on any atom is -0.381 e. The molecule has 1 fully saturated rings. The first kappa shape index (κ1) is 15.0. The Kier molecular flexibility index (Phi) is 4.43. The van der Waals surface area contributed by atoms with E-state index >= 15 is 0 Å². The van der Waals surface area contributed by atoms with Crippen molar-refractivity contribution in [2.24, 2.45) is 0 Å². The Bertz CT molecular complexity index is 565. The monoisotopic (exact) mass is 302 g/mol. The van der Waals surface area contributed by atoms with E-state index in [4.69, 9.17) is 4.74 Å². The van der Waals surface area contributed by atoms with E-state index in [2.05, 4.69) is 10.6 Å². The van der Waals surface area contributed by atoms with Gasteiger partial charge >= 0.3 is 0 Å². The van der Waals surface area contributed by atoms with Gasteiger partial charge in [-0.3, -0.25) is 9.59 Å². The Morgan fingerprint density at radius 3 is 2.73 bits per heavy atom. The molecule has 22 heavy (non-hydrogen) atoms. The maximum atomic E-state index is 12.2. The lowest BCUT2D eigenvalue weighted by molar-refractivity contribution is -0.122. The van der Waals surface area contributed by atoms with Gasteiger partial charge < -0.3 is 15.4 Å². The largest absolute Gasteiger partial charge is 0.381 e. The molecule has 1 aromatic rings. The maximum Gasteiger partial charge on any atom is 0.252 e. The molecule has 0 bridgehead atoms. The van der Waals surface area contributed by atoms with E-state index < -0.39 is 0 Å². The molecule has 2 aliphatic rings. The number of fused-ring (bicyclic) bond motifs is 1. The fourth-order valence-electron chi connectivity index (χ4n) is 3.40. The smallest absolute Gasteiger partial charge is 0.252 e. The molecule has 118 valence electrons. The first-order valence-electron chi connectivity index (χ1n) is 7.89. The van der Waals surface area contributed by atoms with Crippen molar-refractivity contribution in [3.05, 3.63) is 35.4 Å². The molecule has 5 heteroatoms. The van der Waals surface area contributed by atoms with Crippen LogP contribution < -0.4 is 10.6 Å². The summed E-state index contributed by atoms with van der Waals surface area (Å²) in [6.45, 7) is 0. The summed E-state index contributed by atoms with van der Waals surface area (Å²) in [7, 11) is 1.74. The third-order valence-corrected chi connectivity index (χ3v) is 4.65. The number of rotatable bonds is 4. The number of carbonyl (C=O) groups is 2. The van der Waals surface area contributed by atoms with Gasteiger partial charge in [0.1, 0.15) is 0 Å². The van der Waals surface area contributed by atoms with Crippen molar-refractivity contribution >= 4 is 11.8 Å². The molecule has 1 saturated carbocycles. The van der Waals surface area contributed by atoms with E-state index in [-0.39, 0.29) is 23.9 Å². The van der Waals surface area contributed by atoms with Crippen molar-refractivity contribution in [2.45, 2.75) is 50.3 Å². The van der Waals surface area contributed by atoms with E-state index in [1.54, 1.807) is 13.2 Å². The molecule has 2 amide bonds. The van der Waals surface area contributed by atoms with Crippen molar-refractivity contribution in [3.63, 3.8) is 0 Å². The van der Waals surface area contributed by atoms with Crippen molar-refractivity contribution in [1.82, 2.24) is 10.6 Å². The van der Waals surface area contributed by atoms with E-state index in [1.165, 1.54) is 0 Å². The summed E-state index contributed by atoms with van der Waals surface area (Å²) in [5, 5.41) is 5.97. The maximum absolute atomic E-state index is 12.2. The zero-order valence-electron chi connectivity index (χ0n) is 12.8. The third kappa shape index (κ3) is 3.14. The van der Waals surface area contributed by atoms with Crippen LogP contribution in [0.1, 0.15) is 54.1 Å². The zero-order chi connectivity index (χ0) is 15.5. The Morgan fingerprint density at radius 1 is 1.27 bits per heavy atom. The fourth-order valence-corrected chi connectivity index (χ4v) is 3.40. The van der Waals surface area contributed by atoms with Gasteiger partial charge in [-0.15, -0.1) is 0 Å². The van der Waals surface area contributed by atoms with Gasteiger partial charge in [-0.2, -0.15) is 0 Å². The highest BCUT2D eigenvalue weighted by molar-refractivity contribution is 5.99. The molecule has 1 unspecified atom stereocenters. The minimum atomic E-state index is -0.209. The predicted octanol–water partition coefficient (Wildman–Crippen LogP) is 1.93. The summed E-state index contributed by atoms with van der Waals surface area (Å²) in [5.74, 6) is -0.0862. The summed E-state index contributed by atoms with van der Waals surface area (Å²) in [5.41, 5.74) is 1.60. The standard InChI is InChI=1S/C17H22N2O3/c1-22-12-8-6-11(7-9-12)18-16(20)10-15-13-4-2-3-5-14(13)17(21)19-15/h2-5,11-12,15H,6-10H2,1H3,(H,18,20)(H,19,21). The summed E-state index contributed by atoms with van der Waals surface area (Å²) in [6.07, 6.45) is 4.52. The van der Waals surface area contributed by atoms with Crippen LogP contribution in [0.4, 0.5) is 0 Å². The third-order valence-electron chi connectivity index (χ3n) is 4.65.